The van der Waals surface area contributed by atoms with Crippen molar-refractivity contribution >= 4 is 57.0 Å². The lowest BCUT2D eigenvalue weighted by molar-refractivity contribution is -0.387. The predicted molar refractivity (Wildman–Crippen MR) is 113 cm³/mol. The highest BCUT2D eigenvalue weighted by Crippen LogP contribution is 2.30. The topological polar surface area (TPSA) is 118 Å². The molecule has 0 aliphatic carbocycles. The molecule has 0 bridgehead atoms. The molecule has 12 heteroatoms. The van der Waals surface area contributed by atoms with E-state index in [0.717, 1.165) is 17.7 Å². The van der Waals surface area contributed by atoms with Crippen molar-refractivity contribution in [2.24, 2.45) is 5.10 Å². The molecule has 0 saturated heterocycles. The highest BCUT2D eigenvalue weighted by Gasteiger charge is 2.18. The van der Waals surface area contributed by atoms with Gasteiger partial charge in [-0.05, 0) is 23.8 Å². The van der Waals surface area contributed by atoms with Crippen molar-refractivity contribution in [3.8, 4) is 11.3 Å². The normalized spacial score (nSPS) is 11.4. The Morgan fingerprint density at radius 2 is 2.03 bits per heavy atom. The van der Waals surface area contributed by atoms with Crippen LogP contribution in [0.15, 0.2) is 46.9 Å². The molecular weight excluding hydrogens is 458 g/mol. The van der Waals surface area contributed by atoms with Crippen molar-refractivity contribution in [1.82, 2.24) is 4.98 Å². The van der Waals surface area contributed by atoms with Gasteiger partial charge in [-0.1, -0.05) is 35.3 Å². The summed E-state index contributed by atoms with van der Waals surface area (Å²) in [4.78, 5) is 25.8. The van der Waals surface area contributed by atoms with E-state index < -0.39 is 22.4 Å². The Bertz CT molecular complexity index is 1170. The quantitative estimate of drug-likeness (QED) is 0.277. The summed E-state index contributed by atoms with van der Waals surface area (Å²) in [6.45, 7) is 0. The van der Waals surface area contributed by atoms with E-state index in [4.69, 9.17) is 23.2 Å². The maximum Gasteiger partial charge on any atom is 0.352 e. The van der Waals surface area contributed by atoms with Gasteiger partial charge < -0.3 is 5.11 Å². The van der Waals surface area contributed by atoms with Gasteiger partial charge in [0.2, 0.25) is 10.9 Å². The van der Waals surface area contributed by atoms with Crippen molar-refractivity contribution < 1.29 is 19.2 Å². The van der Waals surface area contributed by atoms with Gasteiger partial charge in [0.15, 0.2) is 0 Å². The molecule has 1 heterocycles. The van der Waals surface area contributed by atoms with Crippen molar-refractivity contribution in [1.29, 1.82) is 0 Å². The van der Waals surface area contributed by atoms with Crippen LogP contribution in [0, 0.1) is 15.9 Å². The molecule has 8 nitrogen and oxygen atoms in total. The zero-order valence-electron chi connectivity index (χ0n) is 14.8. The third-order valence-electron chi connectivity index (χ3n) is 3.83. The molecule has 0 saturated carbocycles. The van der Waals surface area contributed by atoms with E-state index in [2.05, 4.69) is 15.5 Å². The third-order valence-corrected chi connectivity index (χ3v) is 5.32. The van der Waals surface area contributed by atoms with E-state index in [0.29, 0.717) is 20.9 Å². The number of benzene rings is 2. The van der Waals surface area contributed by atoms with E-state index in [1.165, 1.54) is 17.4 Å². The summed E-state index contributed by atoms with van der Waals surface area (Å²) in [6.07, 6.45) is -0.255. The van der Waals surface area contributed by atoms with Crippen LogP contribution in [-0.2, 0) is 11.2 Å². The number of hydrazone groups is 1. The Morgan fingerprint density at radius 3 is 2.70 bits per heavy atom. The molecule has 3 aromatic rings. The molecule has 154 valence electrons. The van der Waals surface area contributed by atoms with Crippen LogP contribution >= 0.6 is 34.5 Å². The van der Waals surface area contributed by atoms with Gasteiger partial charge in [-0.15, -0.1) is 11.3 Å². The molecule has 0 aliphatic rings. The van der Waals surface area contributed by atoms with E-state index >= 15 is 0 Å². The van der Waals surface area contributed by atoms with Crippen LogP contribution in [0.25, 0.3) is 11.3 Å². The molecular formula is C18H11Cl2FN4O4S. The minimum absolute atomic E-state index is 0.224. The first-order valence-electron chi connectivity index (χ1n) is 8.14. The number of halogens is 3. The van der Waals surface area contributed by atoms with Gasteiger partial charge in [-0.2, -0.15) is 9.49 Å². The van der Waals surface area contributed by atoms with Crippen molar-refractivity contribution in [2.45, 2.75) is 6.42 Å². The molecule has 0 amide bonds. The first kappa shape index (κ1) is 21.6. The lowest BCUT2D eigenvalue weighted by Crippen LogP contribution is -2.18. The third kappa shape index (κ3) is 5.09. The van der Waals surface area contributed by atoms with Gasteiger partial charge in [0.25, 0.3) is 0 Å². The Kier molecular flexibility index (Phi) is 6.60. The number of carboxylic acids is 1. The van der Waals surface area contributed by atoms with E-state index in [9.17, 15) is 24.4 Å². The summed E-state index contributed by atoms with van der Waals surface area (Å²) in [5.41, 5.74) is 3.01. The minimum Gasteiger partial charge on any atom is -0.477 e. The lowest BCUT2D eigenvalue weighted by Gasteiger charge is -2.03. The molecule has 0 aliphatic heterocycles. The number of anilines is 1. The minimum atomic E-state index is -1.34. The number of hydrogen-bond donors (Lipinski definition) is 2. The highest BCUT2D eigenvalue weighted by atomic mass is 35.5. The SMILES string of the molecule is O=C(O)/C(Cc1ccc(F)c([N+](=O)[O-])c1)=N\Nc1nc(-c2ccc(Cl)c(Cl)c2)cs1. The van der Waals surface area contributed by atoms with Crippen LogP contribution in [0.1, 0.15) is 5.56 Å². The molecule has 0 atom stereocenters. The first-order valence-corrected chi connectivity index (χ1v) is 9.78. The van der Waals surface area contributed by atoms with Crippen LogP contribution < -0.4 is 5.43 Å². The Morgan fingerprint density at radius 1 is 1.27 bits per heavy atom. The predicted octanol–water partition coefficient (Wildman–Crippen LogP) is 5.26. The summed E-state index contributed by atoms with van der Waals surface area (Å²) in [6, 6.07) is 8.15. The monoisotopic (exact) mass is 468 g/mol. The van der Waals surface area contributed by atoms with Crippen molar-refractivity contribution in [2.75, 3.05) is 5.43 Å². The second-order valence-electron chi connectivity index (χ2n) is 5.86. The number of aromatic nitrogens is 1. The van der Waals surface area contributed by atoms with Gasteiger partial charge in [-0.3, -0.25) is 15.5 Å². The summed E-state index contributed by atoms with van der Waals surface area (Å²) >= 11 is 13.1. The van der Waals surface area contributed by atoms with Crippen LogP contribution in [0.4, 0.5) is 15.2 Å². The Hall–Kier alpha value is -3.08. The Balaban J connectivity index is 1.78. The number of rotatable bonds is 7. The first-order chi connectivity index (χ1) is 14.2. The van der Waals surface area contributed by atoms with Crippen molar-refractivity contribution in [3.05, 3.63) is 73.3 Å². The number of nitro benzene ring substituents is 1. The molecule has 2 N–H and O–H groups in total. The number of nitro groups is 1. The van der Waals surface area contributed by atoms with E-state index in [-0.39, 0.29) is 17.7 Å². The number of thiazole rings is 1. The van der Waals surface area contributed by atoms with Gasteiger partial charge in [0.05, 0.1) is 20.7 Å². The average Bonchev–Trinajstić information content (AvgIpc) is 3.17. The average molecular weight is 469 g/mol. The van der Waals surface area contributed by atoms with Crippen molar-refractivity contribution in [3.63, 3.8) is 0 Å². The molecule has 1 aromatic heterocycles. The standard InChI is InChI=1S/C18H11Cl2FN4O4S/c19-11-3-2-10(7-12(11)20)15-8-30-18(22-15)24-23-14(17(26)27)5-9-1-4-13(21)16(6-9)25(28)29/h1-4,6-8H,5H2,(H,22,24)(H,26,27)/b23-14-. The zero-order valence-corrected chi connectivity index (χ0v) is 17.1. The van der Waals surface area contributed by atoms with E-state index in [1.807, 2.05) is 0 Å². The fourth-order valence-corrected chi connectivity index (χ4v) is 3.35. The van der Waals surface area contributed by atoms with Gasteiger partial charge in [0, 0.05) is 23.4 Å². The largest absolute Gasteiger partial charge is 0.477 e. The number of nitrogens with zero attached hydrogens (tertiary/aromatic N) is 3. The van der Waals surface area contributed by atoms with Crippen LogP contribution in [0.5, 0.6) is 0 Å². The maximum absolute atomic E-state index is 13.5. The number of nitrogens with one attached hydrogen (secondary N) is 1. The maximum atomic E-state index is 13.5. The fourth-order valence-electron chi connectivity index (χ4n) is 2.39. The second-order valence-corrected chi connectivity index (χ2v) is 7.53. The van der Waals surface area contributed by atoms with E-state index in [1.54, 1.807) is 23.6 Å². The second kappa shape index (κ2) is 9.16. The molecule has 0 radical (unpaired) electrons. The van der Waals surface area contributed by atoms with Crippen LogP contribution in [0.3, 0.4) is 0 Å². The smallest absolute Gasteiger partial charge is 0.352 e. The molecule has 0 unspecified atom stereocenters. The van der Waals surface area contributed by atoms with Crippen LogP contribution in [0.2, 0.25) is 10.0 Å². The summed E-state index contributed by atoms with van der Waals surface area (Å²) in [7, 11) is 0. The number of carboxylic acid groups (broad SMARTS) is 1. The number of carbonyl (C=O) groups is 1. The summed E-state index contributed by atoms with van der Waals surface area (Å²) < 4.78 is 13.5. The molecule has 30 heavy (non-hydrogen) atoms. The highest BCUT2D eigenvalue weighted by molar-refractivity contribution is 7.14. The molecule has 0 spiro atoms. The number of aliphatic carboxylic acids is 1. The lowest BCUT2D eigenvalue weighted by atomic mass is 10.1. The van der Waals surface area contributed by atoms with Gasteiger partial charge >= 0.3 is 11.7 Å². The molecule has 0 fully saturated rings. The zero-order chi connectivity index (χ0) is 21.8. The Labute approximate surface area is 182 Å². The summed E-state index contributed by atoms with van der Waals surface area (Å²) in [5.74, 6) is -2.34. The summed E-state index contributed by atoms with van der Waals surface area (Å²) in [5, 5.41) is 26.9. The fraction of sp³-hybridized carbons (Fsp3) is 0.0556. The van der Waals surface area contributed by atoms with Crippen LogP contribution in [-0.4, -0.2) is 26.7 Å². The van der Waals surface area contributed by atoms with Gasteiger partial charge in [0.1, 0.15) is 5.71 Å². The molecule has 2 aromatic carbocycles. The number of hydrogen-bond acceptors (Lipinski definition) is 7. The molecule has 3 rings (SSSR count). The van der Waals surface area contributed by atoms with Gasteiger partial charge in [-0.25, -0.2) is 9.78 Å².